The summed E-state index contributed by atoms with van der Waals surface area (Å²) in [4.78, 5) is 0. The summed E-state index contributed by atoms with van der Waals surface area (Å²) in [5.41, 5.74) is -0.262. The summed E-state index contributed by atoms with van der Waals surface area (Å²) in [6, 6.07) is 0.194. The van der Waals surface area contributed by atoms with Gasteiger partial charge < -0.3 is 10.1 Å². The van der Waals surface area contributed by atoms with Gasteiger partial charge in [0.2, 0.25) is 0 Å². The minimum Gasteiger partial charge on any atom is -0.374 e. The first-order valence-corrected chi connectivity index (χ1v) is 8.84. The second-order valence-corrected chi connectivity index (χ2v) is 7.58. The Hall–Kier alpha value is -0.130. The van der Waals surface area contributed by atoms with Crippen LogP contribution in [0.4, 0.5) is 0 Å². The Bertz CT molecular complexity index is 312. The fourth-order valence-corrected chi connectivity index (χ4v) is 2.73. The van der Waals surface area contributed by atoms with Gasteiger partial charge in [-0.05, 0) is 46.6 Å². The number of hydrogen-bond donors (Lipinski definition) is 1. The van der Waals surface area contributed by atoms with E-state index < -0.39 is 9.84 Å². The van der Waals surface area contributed by atoms with Crippen LogP contribution < -0.4 is 5.32 Å². The molecule has 18 heavy (non-hydrogen) atoms. The third-order valence-corrected chi connectivity index (χ3v) is 4.03. The van der Waals surface area contributed by atoms with E-state index in [0.29, 0.717) is 13.0 Å². The Kier molecular flexibility index (Phi) is 8.06. The summed E-state index contributed by atoms with van der Waals surface area (Å²) in [7, 11) is -2.87. The summed E-state index contributed by atoms with van der Waals surface area (Å²) in [5, 5.41) is 3.46. The lowest BCUT2D eigenvalue weighted by atomic mass is 9.94. The van der Waals surface area contributed by atoms with Gasteiger partial charge in [-0.15, -0.1) is 0 Å². The largest absolute Gasteiger partial charge is 0.374 e. The maximum absolute atomic E-state index is 11.2. The molecule has 110 valence electrons. The molecule has 0 aromatic heterocycles. The number of sulfone groups is 1. The van der Waals surface area contributed by atoms with Crippen LogP contribution in [0.25, 0.3) is 0 Å². The van der Waals surface area contributed by atoms with Gasteiger partial charge in [0.25, 0.3) is 0 Å². The molecule has 0 amide bonds. The molecule has 0 rings (SSSR count). The zero-order valence-electron chi connectivity index (χ0n) is 12.5. The van der Waals surface area contributed by atoms with E-state index in [2.05, 4.69) is 26.1 Å². The van der Waals surface area contributed by atoms with Gasteiger partial charge in [0.1, 0.15) is 9.84 Å². The number of hydrogen-bond acceptors (Lipinski definition) is 4. The molecular weight excluding hydrogens is 250 g/mol. The van der Waals surface area contributed by atoms with Crippen molar-refractivity contribution in [2.24, 2.45) is 0 Å². The number of ether oxygens (including phenoxy) is 1. The van der Waals surface area contributed by atoms with Crippen LogP contribution in [-0.2, 0) is 14.6 Å². The summed E-state index contributed by atoms with van der Waals surface area (Å²) in [6.07, 6.45) is 3.84. The van der Waals surface area contributed by atoms with Crippen LogP contribution in [0.1, 0.15) is 47.0 Å². The van der Waals surface area contributed by atoms with Gasteiger partial charge in [-0.3, -0.25) is 0 Å². The van der Waals surface area contributed by atoms with E-state index in [0.717, 1.165) is 19.4 Å². The van der Waals surface area contributed by atoms with Crippen molar-refractivity contribution >= 4 is 9.84 Å². The Morgan fingerprint density at radius 1 is 1.28 bits per heavy atom. The van der Waals surface area contributed by atoms with Gasteiger partial charge in [0.15, 0.2) is 0 Å². The lowest BCUT2D eigenvalue weighted by Crippen LogP contribution is -2.49. The molecule has 0 spiro atoms. The number of rotatable bonds is 10. The van der Waals surface area contributed by atoms with Gasteiger partial charge in [0, 0.05) is 24.7 Å². The molecule has 0 saturated heterocycles. The third-order valence-electron chi connectivity index (χ3n) is 3.00. The number of nitrogens with one attached hydrogen (secondary N) is 1. The first kappa shape index (κ1) is 17.9. The SMILES string of the molecule is CCCNC(CCCS(C)(=O)=O)C(C)(C)OCC. The Labute approximate surface area is 112 Å². The second kappa shape index (κ2) is 8.12. The van der Waals surface area contributed by atoms with Crippen LogP contribution in [0, 0.1) is 0 Å². The van der Waals surface area contributed by atoms with Gasteiger partial charge >= 0.3 is 0 Å². The van der Waals surface area contributed by atoms with E-state index in [1.165, 1.54) is 6.26 Å². The van der Waals surface area contributed by atoms with Crippen molar-refractivity contribution in [3.05, 3.63) is 0 Å². The van der Waals surface area contributed by atoms with Crippen molar-refractivity contribution in [3.8, 4) is 0 Å². The zero-order valence-corrected chi connectivity index (χ0v) is 13.3. The maximum Gasteiger partial charge on any atom is 0.147 e. The van der Waals surface area contributed by atoms with Gasteiger partial charge in [0.05, 0.1) is 5.60 Å². The lowest BCUT2D eigenvalue weighted by Gasteiger charge is -2.35. The fourth-order valence-electron chi connectivity index (χ4n) is 2.04. The minimum atomic E-state index is -2.87. The summed E-state index contributed by atoms with van der Waals surface area (Å²) >= 11 is 0. The van der Waals surface area contributed by atoms with Gasteiger partial charge in [-0.2, -0.15) is 0 Å². The highest BCUT2D eigenvalue weighted by atomic mass is 32.2. The van der Waals surface area contributed by atoms with Crippen molar-refractivity contribution in [2.75, 3.05) is 25.2 Å². The molecule has 0 aliphatic heterocycles. The quantitative estimate of drug-likeness (QED) is 0.664. The van der Waals surface area contributed by atoms with E-state index in [1.807, 2.05) is 6.92 Å². The molecule has 0 fully saturated rings. The Balaban J connectivity index is 4.39. The van der Waals surface area contributed by atoms with Crippen LogP contribution in [0.2, 0.25) is 0 Å². The van der Waals surface area contributed by atoms with Crippen molar-refractivity contribution in [1.82, 2.24) is 5.32 Å². The lowest BCUT2D eigenvalue weighted by molar-refractivity contribution is -0.0401. The van der Waals surface area contributed by atoms with Crippen LogP contribution in [-0.4, -0.2) is 45.2 Å². The predicted molar refractivity (Wildman–Crippen MR) is 76.7 cm³/mol. The van der Waals surface area contributed by atoms with Crippen LogP contribution in [0.3, 0.4) is 0 Å². The topological polar surface area (TPSA) is 55.4 Å². The molecule has 0 aliphatic carbocycles. The fraction of sp³-hybridized carbons (Fsp3) is 1.00. The van der Waals surface area contributed by atoms with Crippen molar-refractivity contribution in [2.45, 2.75) is 58.6 Å². The molecule has 1 unspecified atom stereocenters. The maximum atomic E-state index is 11.2. The first-order valence-electron chi connectivity index (χ1n) is 6.78. The van der Waals surface area contributed by atoms with Gasteiger partial charge in [-0.25, -0.2) is 8.42 Å². The average Bonchev–Trinajstić information content (AvgIpc) is 2.21. The molecule has 0 aromatic carbocycles. The van der Waals surface area contributed by atoms with E-state index in [1.54, 1.807) is 0 Å². The smallest absolute Gasteiger partial charge is 0.147 e. The molecule has 0 bridgehead atoms. The third kappa shape index (κ3) is 8.06. The van der Waals surface area contributed by atoms with Gasteiger partial charge in [-0.1, -0.05) is 6.92 Å². The highest BCUT2D eigenvalue weighted by molar-refractivity contribution is 7.90. The second-order valence-electron chi connectivity index (χ2n) is 5.32. The molecule has 0 aromatic rings. The van der Waals surface area contributed by atoms with Crippen molar-refractivity contribution < 1.29 is 13.2 Å². The van der Waals surface area contributed by atoms with E-state index >= 15 is 0 Å². The van der Waals surface area contributed by atoms with Crippen molar-refractivity contribution in [3.63, 3.8) is 0 Å². The highest BCUT2D eigenvalue weighted by Gasteiger charge is 2.29. The van der Waals surface area contributed by atoms with E-state index in [-0.39, 0.29) is 17.4 Å². The average molecular weight is 279 g/mol. The Morgan fingerprint density at radius 3 is 2.33 bits per heavy atom. The molecule has 0 aliphatic rings. The van der Waals surface area contributed by atoms with Crippen LogP contribution >= 0.6 is 0 Å². The molecule has 0 saturated carbocycles. The minimum absolute atomic E-state index is 0.194. The normalized spacial score (nSPS) is 14.7. The standard InChI is InChI=1S/C13H29NO3S/c1-6-10-14-12(13(3,4)17-7-2)9-8-11-18(5,15)16/h12,14H,6-11H2,1-5H3. The highest BCUT2D eigenvalue weighted by Crippen LogP contribution is 2.19. The zero-order chi connectivity index (χ0) is 14.2. The van der Waals surface area contributed by atoms with Crippen molar-refractivity contribution in [1.29, 1.82) is 0 Å². The molecular formula is C13H29NO3S. The molecule has 4 nitrogen and oxygen atoms in total. The first-order chi connectivity index (χ1) is 8.23. The summed E-state index contributed by atoms with van der Waals surface area (Å²) in [6.45, 7) is 9.82. The predicted octanol–water partition coefficient (Wildman–Crippen LogP) is 1.99. The molecule has 1 atom stereocenters. The van der Waals surface area contributed by atoms with Crippen LogP contribution in [0.15, 0.2) is 0 Å². The molecule has 0 radical (unpaired) electrons. The van der Waals surface area contributed by atoms with E-state index in [4.69, 9.17) is 4.74 Å². The monoisotopic (exact) mass is 279 g/mol. The Morgan fingerprint density at radius 2 is 1.89 bits per heavy atom. The van der Waals surface area contributed by atoms with E-state index in [9.17, 15) is 8.42 Å². The van der Waals surface area contributed by atoms with Crippen LogP contribution in [0.5, 0.6) is 0 Å². The summed E-state index contributed by atoms with van der Waals surface area (Å²) in [5.74, 6) is 0.250. The molecule has 1 N–H and O–H groups in total. The molecule has 0 heterocycles. The summed E-state index contributed by atoms with van der Waals surface area (Å²) < 4.78 is 28.1. The molecule has 5 heteroatoms.